The van der Waals surface area contributed by atoms with Crippen LogP contribution < -0.4 is 0 Å². The highest BCUT2D eigenvalue weighted by Crippen LogP contribution is 2.35. The molecule has 0 amide bonds. The van der Waals surface area contributed by atoms with Crippen molar-refractivity contribution < 1.29 is 0 Å². The second-order valence-electron chi connectivity index (χ2n) is 3.69. The number of nitrogens with zero attached hydrogens (tertiary/aromatic N) is 3. The summed E-state index contributed by atoms with van der Waals surface area (Å²) in [6.45, 7) is 3.32. The van der Waals surface area contributed by atoms with Crippen molar-refractivity contribution in [3.63, 3.8) is 0 Å². The summed E-state index contributed by atoms with van der Waals surface area (Å²) in [6, 6.07) is 0. The van der Waals surface area contributed by atoms with Crippen LogP contribution in [0.15, 0.2) is 16.6 Å². The van der Waals surface area contributed by atoms with Gasteiger partial charge in [0.15, 0.2) is 0 Å². The summed E-state index contributed by atoms with van der Waals surface area (Å²) in [5.74, 6) is 1.36. The van der Waals surface area contributed by atoms with Gasteiger partial charge in [-0.15, -0.1) is 0 Å². The summed E-state index contributed by atoms with van der Waals surface area (Å²) >= 11 is 0. The van der Waals surface area contributed by atoms with Gasteiger partial charge in [0.25, 0.3) is 0 Å². The van der Waals surface area contributed by atoms with Gasteiger partial charge in [-0.05, 0) is 18.4 Å². The summed E-state index contributed by atoms with van der Waals surface area (Å²) in [4.78, 5) is 14.6. The van der Waals surface area contributed by atoms with Crippen molar-refractivity contribution in [2.24, 2.45) is 5.18 Å². The first-order chi connectivity index (χ1) is 6.33. The highest BCUT2D eigenvalue weighted by Gasteiger charge is 2.29. The highest BCUT2D eigenvalue weighted by atomic mass is 16.3. The van der Waals surface area contributed by atoms with Crippen molar-refractivity contribution in [1.82, 2.24) is 9.80 Å². The number of likely N-dealkylation sites (N-methyl/N-ethyl adjacent to an activating group) is 1. The van der Waals surface area contributed by atoms with E-state index in [1.807, 2.05) is 0 Å². The molecule has 0 bridgehead atoms. The van der Waals surface area contributed by atoms with E-state index in [0.717, 1.165) is 19.6 Å². The van der Waals surface area contributed by atoms with E-state index in [9.17, 15) is 4.91 Å². The Kier molecular flexibility index (Phi) is 2.20. The SMILES string of the molecule is CN1CCN(CCN=O)C1=C1CC1. The van der Waals surface area contributed by atoms with E-state index in [2.05, 4.69) is 22.0 Å². The first-order valence-corrected chi connectivity index (χ1v) is 4.80. The third-order valence-corrected chi connectivity index (χ3v) is 2.64. The third kappa shape index (κ3) is 1.66. The van der Waals surface area contributed by atoms with E-state index in [4.69, 9.17) is 0 Å². The first-order valence-electron chi connectivity index (χ1n) is 4.80. The van der Waals surface area contributed by atoms with Gasteiger partial charge < -0.3 is 9.80 Å². The standard InChI is InChI=1S/C9H15N3O/c1-11-6-7-12(5-4-10-13)9(11)8-2-3-8/h2-7H2,1H3. The van der Waals surface area contributed by atoms with Gasteiger partial charge in [0.1, 0.15) is 5.82 Å². The van der Waals surface area contributed by atoms with Crippen LogP contribution in [0.25, 0.3) is 0 Å². The molecule has 1 saturated heterocycles. The Bertz CT molecular complexity index is 243. The Hall–Kier alpha value is -1.06. The minimum atomic E-state index is 0.407. The van der Waals surface area contributed by atoms with Crippen LogP contribution in [0.1, 0.15) is 12.8 Å². The number of hydrogen-bond donors (Lipinski definition) is 0. The Balaban J connectivity index is 2.03. The molecule has 13 heavy (non-hydrogen) atoms. The summed E-state index contributed by atoms with van der Waals surface area (Å²) in [6.07, 6.45) is 2.48. The van der Waals surface area contributed by atoms with Crippen molar-refractivity contribution in [2.45, 2.75) is 12.8 Å². The van der Waals surface area contributed by atoms with Crippen LogP contribution in [0.3, 0.4) is 0 Å². The van der Waals surface area contributed by atoms with Crippen molar-refractivity contribution in [2.75, 3.05) is 33.2 Å². The predicted molar refractivity (Wildman–Crippen MR) is 51.1 cm³/mol. The molecule has 72 valence electrons. The van der Waals surface area contributed by atoms with Gasteiger partial charge in [-0.25, -0.2) is 0 Å². The van der Waals surface area contributed by atoms with Gasteiger partial charge in [0.2, 0.25) is 0 Å². The molecule has 0 radical (unpaired) electrons. The fourth-order valence-electron chi connectivity index (χ4n) is 1.88. The van der Waals surface area contributed by atoms with Gasteiger partial charge in [-0.1, -0.05) is 5.18 Å². The monoisotopic (exact) mass is 181 g/mol. The molecule has 0 aromatic carbocycles. The van der Waals surface area contributed by atoms with Crippen LogP contribution in [0, 0.1) is 4.91 Å². The molecule has 2 fully saturated rings. The van der Waals surface area contributed by atoms with E-state index in [1.165, 1.54) is 18.7 Å². The molecule has 4 heteroatoms. The van der Waals surface area contributed by atoms with Crippen LogP contribution >= 0.6 is 0 Å². The lowest BCUT2D eigenvalue weighted by Gasteiger charge is -2.20. The van der Waals surface area contributed by atoms with E-state index in [0.29, 0.717) is 6.54 Å². The summed E-state index contributed by atoms with van der Waals surface area (Å²) in [5, 5.41) is 2.91. The summed E-state index contributed by atoms with van der Waals surface area (Å²) < 4.78 is 0. The van der Waals surface area contributed by atoms with Crippen LogP contribution in [0.2, 0.25) is 0 Å². The molecule has 1 aliphatic heterocycles. The fourth-order valence-corrected chi connectivity index (χ4v) is 1.88. The predicted octanol–water partition coefficient (Wildman–Crippen LogP) is 1.01. The maximum atomic E-state index is 10.0. The lowest BCUT2D eigenvalue weighted by molar-refractivity contribution is 0.370. The first kappa shape index (κ1) is 8.53. The topological polar surface area (TPSA) is 35.9 Å². The van der Waals surface area contributed by atoms with Crippen molar-refractivity contribution in [3.8, 4) is 0 Å². The van der Waals surface area contributed by atoms with Crippen molar-refractivity contribution in [3.05, 3.63) is 16.3 Å². The molecule has 1 aliphatic carbocycles. The number of nitroso groups, excluding NO2 is 1. The second-order valence-corrected chi connectivity index (χ2v) is 3.69. The molecule has 1 heterocycles. The molecular formula is C9H15N3O. The van der Waals surface area contributed by atoms with Crippen molar-refractivity contribution >= 4 is 0 Å². The lowest BCUT2D eigenvalue weighted by atomic mass is 10.4. The molecule has 0 atom stereocenters. The molecule has 0 unspecified atom stereocenters. The molecule has 4 nitrogen and oxygen atoms in total. The largest absolute Gasteiger partial charge is 0.360 e. The van der Waals surface area contributed by atoms with Crippen LogP contribution in [0.4, 0.5) is 0 Å². The normalized spacial score (nSPS) is 21.3. The molecular weight excluding hydrogens is 166 g/mol. The van der Waals surface area contributed by atoms with E-state index in [-0.39, 0.29) is 0 Å². The van der Waals surface area contributed by atoms with Crippen LogP contribution in [-0.2, 0) is 0 Å². The molecule has 1 saturated carbocycles. The molecule has 0 N–H and O–H groups in total. The van der Waals surface area contributed by atoms with Gasteiger partial charge in [-0.3, -0.25) is 0 Å². The zero-order chi connectivity index (χ0) is 9.26. The highest BCUT2D eigenvalue weighted by molar-refractivity contribution is 5.25. The van der Waals surface area contributed by atoms with Gasteiger partial charge >= 0.3 is 0 Å². The van der Waals surface area contributed by atoms with E-state index in [1.54, 1.807) is 5.57 Å². The number of allylic oxidation sites excluding steroid dienone is 1. The maximum absolute atomic E-state index is 10.0. The van der Waals surface area contributed by atoms with Gasteiger partial charge in [-0.2, -0.15) is 4.91 Å². The van der Waals surface area contributed by atoms with E-state index < -0.39 is 0 Å². The molecule has 2 rings (SSSR count). The third-order valence-electron chi connectivity index (χ3n) is 2.64. The number of hydrogen-bond acceptors (Lipinski definition) is 4. The minimum Gasteiger partial charge on any atom is -0.360 e. The Labute approximate surface area is 78.2 Å². The molecule has 2 aliphatic rings. The second kappa shape index (κ2) is 3.36. The smallest absolute Gasteiger partial charge is 0.103 e. The van der Waals surface area contributed by atoms with E-state index >= 15 is 0 Å². The Morgan fingerprint density at radius 2 is 2.15 bits per heavy atom. The average molecular weight is 181 g/mol. The van der Waals surface area contributed by atoms with Crippen LogP contribution in [0.5, 0.6) is 0 Å². The van der Waals surface area contributed by atoms with Crippen molar-refractivity contribution in [1.29, 1.82) is 0 Å². The average Bonchev–Trinajstić information content (AvgIpc) is 2.88. The van der Waals surface area contributed by atoms with Gasteiger partial charge in [0.05, 0.1) is 6.54 Å². The van der Waals surface area contributed by atoms with Gasteiger partial charge in [0, 0.05) is 26.7 Å². The Morgan fingerprint density at radius 3 is 2.77 bits per heavy atom. The quantitative estimate of drug-likeness (QED) is 0.609. The van der Waals surface area contributed by atoms with Crippen LogP contribution in [-0.4, -0.2) is 43.0 Å². The molecule has 0 spiro atoms. The fraction of sp³-hybridized carbons (Fsp3) is 0.778. The zero-order valence-electron chi connectivity index (χ0n) is 7.99. The Morgan fingerprint density at radius 1 is 1.38 bits per heavy atom. The molecule has 0 aromatic heterocycles. The number of rotatable bonds is 3. The lowest BCUT2D eigenvalue weighted by Crippen LogP contribution is -2.23. The summed E-state index contributed by atoms with van der Waals surface area (Å²) in [5.41, 5.74) is 1.55. The molecule has 0 aromatic rings. The summed E-state index contributed by atoms with van der Waals surface area (Å²) in [7, 11) is 2.12. The minimum absolute atomic E-state index is 0.407. The maximum Gasteiger partial charge on any atom is 0.103 e. The zero-order valence-corrected chi connectivity index (χ0v) is 7.99.